The summed E-state index contributed by atoms with van der Waals surface area (Å²) in [6.45, 7) is 0.709. The summed E-state index contributed by atoms with van der Waals surface area (Å²) in [7, 11) is -2.12. The molecule has 28 heavy (non-hydrogen) atoms. The van der Waals surface area contributed by atoms with Gasteiger partial charge in [0.05, 0.1) is 21.5 Å². The van der Waals surface area contributed by atoms with E-state index >= 15 is 0 Å². The topological polar surface area (TPSA) is 86.7 Å². The van der Waals surface area contributed by atoms with Gasteiger partial charge in [0.2, 0.25) is 0 Å². The van der Waals surface area contributed by atoms with E-state index in [9.17, 15) is 13.2 Å². The summed E-state index contributed by atoms with van der Waals surface area (Å²) in [4.78, 5) is 11.7. The second-order valence-corrected chi connectivity index (χ2v) is 10.1. The molecule has 0 radical (unpaired) electrons. The monoisotopic (exact) mass is 442 g/mol. The largest absolute Gasteiger partial charge is 0.481 e. The Morgan fingerprint density at radius 1 is 1.25 bits per heavy atom. The minimum absolute atomic E-state index is 0.201. The number of thiophene rings is 1. The summed E-state index contributed by atoms with van der Waals surface area (Å²) in [5.41, 5.74) is 1.37. The first-order chi connectivity index (χ1) is 13.3. The van der Waals surface area contributed by atoms with Crippen molar-refractivity contribution in [1.82, 2.24) is 5.32 Å². The number of nitrogens with zero attached hydrogens (tertiary/aromatic N) is 1. The molecule has 3 rings (SSSR count). The van der Waals surface area contributed by atoms with Gasteiger partial charge in [0.15, 0.2) is 0 Å². The van der Waals surface area contributed by atoms with Gasteiger partial charge in [-0.2, -0.15) is 0 Å². The van der Waals surface area contributed by atoms with Gasteiger partial charge in [-0.25, -0.2) is 8.42 Å². The molecule has 0 amide bonds. The highest BCUT2D eigenvalue weighted by Crippen LogP contribution is 2.43. The number of fused-ring (bicyclic) bond motifs is 2. The van der Waals surface area contributed by atoms with Gasteiger partial charge in [-0.05, 0) is 48.5 Å². The van der Waals surface area contributed by atoms with Crippen LogP contribution in [-0.4, -0.2) is 33.1 Å². The molecular formula is C19H23ClN2O4S2. The molecule has 2 heterocycles. The van der Waals surface area contributed by atoms with Gasteiger partial charge in [0, 0.05) is 18.5 Å². The van der Waals surface area contributed by atoms with Gasteiger partial charge < -0.3 is 10.4 Å². The number of sulfonamides is 1. The molecule has 0 saturated carbocycles. The van der Waals surface area contributed by atoms with Crippen LogP contribution in [0.15, 0.2) is 34.5 Å². The first-order valence-electron chi connectivity index (χ1n) is 9.13. The number of rotatable bonds is 8. The summed E-state index contributed by atoms with van der Waals surface area (Å²) in [5, 5.41) is 14.5. The molecule has 0 aliphatic carbocycles. The van der Waals surface area contributed by atoms with Gasteiger partial charge in [-0.15, -0.1) is 11.3 Å². The Kier molecular flexibility index (Phi) is 6.65. The Morgan fingerprint density at radius 2 is 2.00 bits per heavy atom. The molecule has 1 aromatic carbocycles. The molecule has 6 nitrogen and oxygen atoms in total. The predicted octanol–water partition coefficient (Wildman–Crippen LogP) is 4.25. The van der Waals surface area contributed by atoms with Crippen LogP contribution in [0.1, 0.15) is 48.6 Å². The maximum absolute atomic E-state index is 13.1. The van der Waals surface area contributed by atoms with E-state index in [0.717, 1.165) is 24.1 Å². The van der Waals surface area contributed by atoms with Crippen molar-refractivity contribution in [3.63, 3.8) is 0 Å². The average molecular weight is 443 g/mol. The molecule has 1 aliphatic heterocycles. The van der Waals surface area contributed by atoms with E-state index in [4.69, 9.17) is 16.7 Å². The number of anilines is 1. The average Bonchev–Trinajstić information content (AvgIpc) is 3.10. The van der Waals surface area contributed by atoms with E-state index in [1.165, 1.54) is 21.7 Å². The van der Waals surface area contributed by atoms with Crippen molar-refractivity contribution < 1.29 is 18.3 Å². The highest BCUT2D eigenvalue weighted by molar-refractivity contribution is 7.92. The minimum Gasteiger partial charge on any atom is -0.481 e. The van der Waals surface area contributed by atoms with Crippen LogP contribution < -0.4 is 9.62 Å². The summed E-state index contributed by atoms with van der Waals surface area (Å²) in [6.07, 6.45) is 3.57. The van der Waals surface area contributed by atoms with Crippen LogP contribution in [0.2, 0.25) is 5.02 Å². The molecule has 2 aromatic rings. The molecule has 1 unspecified atom stereocenters. The number of carbonyl (C=O) groups is 1. The molecule has 1 aliphatic rings. The number of aliphatic carboxylic acids is 1. The van der Waals surface area contributed by atoms with Crippen molar-refractivity contribution in [2.24, 2.45) is 0 Å². The first kappa shape index (κ1) is 21.1. The summed E-state index contributed by atoms with van der Waals surface area (Å²) in [5.74, 6) is -0.762. The lowest BCUT2D eigenvalue weighted by molar-refractivity contribution is -0.137. The van der Waals surface area contributed by atoms with E-state index in [-0.39, 0.29) is 17.4 Å². The Labute approximate surface area is 174 Å². The van der Waals surface area contributed by atoms with Gasteiger partial charge >= 0.3 is 5.97 Å². The van der Waals surface area contributed by atoms with Gasteiger partial charge in [0.25, 0.3) is 10.0 Å². The van der Waals surface area contributed by atoms with Crippen LogP contribution in [0.3, 0.4) is 0 Å². The van der Waals surface area contributed by atoms with Crippen molar-refractivity contribution in [3.8, 4) is 0 Å². The third-order valence-electron chi connectivity index (χ3n) is 4.87. The number of halogens is 1. The number of benzene rings is 1. The molecule has 0 saturated heterocycles. The van der Waals surface area contributed by atoms with Crippen LogP contribution in [0.5, 0.6) is 0 Å². The quantitative estimate of drug-likeness (QED) is 0.596. The van der Waals surface area contributed by atoms with Crippen molar-refractivity contribution in [2.75, 3.05) is 17.9 Å². The fourth-order valence-electron chi connectivity index (χ4n) is 3.38. The SMILES string of the molecule is CN1c2ccsc2C(NCCCCCCC(=O)O)c2ccc(Cl)cc2S1(=O)=O. The smallest absolute Gasteiger partial charge is 0.303 e. The molecular weight excluding hydrogens is 420 g/mol. The van der Waals surface area contributed by atoms with Gasteiger partial charge in [-0.3, -0.25) is 9.10 Å². The van der Waals surface area contributed by atoms with E-state index in [2.05, 4.69) is 5.32 Å². The number of carboxylic acids is 1. The Bertz CT molecular complexity index is 959. The zero-order chi connectivity index (χ0) is 20.3. The lowest BCUT2D eigenvalue weighted by Crippen LogP contribution is -2.26. The lowest BCUT2D eigenvalue weighted by atomic mass is 10.0. The first-order valence-corrected chi connectivity index (χ1v) is 11.8. The predicted molar refractivity (Wildman–Crippen MR) is 112 cm³/mol. The molecule has 9 heteroatoms. The van der Waals surface area contributed by atoms with Gasteiger partial charge in [0.1, 0.15) is 0 Å². The third kappa shape index (κ3) is 4.35. The Morgan fingerprint density at radius 3 is 2.75 bits per heavy atom. The highest BCUT2D eigenvalue weighted by Gasteiger charge is 2.35. The maximum atomic E-state index is 13.1. The van der Waals surface area contributed by atoms with Crippen LogP contribution in [0.4, 0.5) is 5.69 Å². The maximum Gasteiger partial charge on any atom is 0.303 e. The molecule has 0 bridgehead atoms. The van der Waals surface area contributed by atoms with Crippen molar-refractivity contribution in [3.05, 3.63) is 45.1 Å². The fourth-order valence-corrected chi connectivity index (χ4v) is 6.17. The summed E-state index contributed by atoms with van der Waals surface area (Å²) in [6, 6.07) is 6.60. The van der Waals surface area contributed by atoms with Crippen molar-refractivity contribution in [1.29, 1.82) is 0 Å². The van der Waals surface area contributed by atoms with E-state index < -0.39 is 16.0 Å². The molecule has 1 aromatic heterocycles. The van der Waals surface area contributed by atoms with Crippen molar-refractivity contribution >= 4 is 44.6 Å². The van der Waals surface area contributed by atoms with Gasteiger partial charge in [-0.1, -0.05) is 30.5 Å². The Balaban J connectivity index is 1.80. The molecule has 1 atom stereocenters. The number of hydrogen-bond donors (Lipinski definition) is 2. The van der Waals surface area contributed by atoms with Crippen LogP contribution in [0, 0.1) is 0 Å². The van der Waals surface area contributed by atoms with Crippen LogP contribution in [0.25, 0.3) is 0 Å². The van der Waals surface area contributed by atoms with E-state index in [1.807, 2.05) is 11.4 Å². The normalized spacial score (nSPS) is 17.6. The summed E-state index contributed by atoms with van der Waals surface area (Å²) < 4.78 is 27.5. The standard InChI is InChI=1S/C19H23ClN2O4S2/c1-22-15-9-11-27-19(15)18(21-10-5-3-2-4-6-17(23)24)14-8-7-13(20)12-16(14)28(22,25)26/h7-9,11-12,18,21H,2-6,10H2,1H3,(H,23,24). The van der Waals surface area contributed by atoms with Crippen LogP contribution in [-0.2, 0) is 14.8 Å². The molecule has 0 fully saturated rings. The van der Waals surface area contributed by atoms with Crippen molar-refractivity contribution in [2.45, 2.75) is 43.0 Å². The molecule has 152 valence electrons. The number of nitrogens with one attached hydrogen (secondary N) is 1. The second kappa shape index (κ2) is 8.82. The van der Waals surface area contributed by atoms with Crippen LogP contribution >= 0.6 is 22.9 Å². The van der Waals surface area contributed by atoms with E-state index in [1.54, 1.807) is 19.2 Å². The number of hydrogen-bond acceptors (Lipinski definition) is 5. The molecule has 2 N–H and O–H groups in total. The zero-order valence-electron chi connectivity index (χ0n) is 15.5. The van der Waals surface area contributed by atoms with E-state index in [0.29, 0.717) is 29.2 Å². The highest BCUT2D eigenvalue weighted by atomic mass is 35.5. The summed E-state index contributed by atoms with van der Waals surface area (Å²) >= 11 is 7.62. The fraction of sp³-hybridized carbons (Fsp3) is 0.421. The second-order valence-electron chi connectivity index (χ2n) is 6.77. The zero-order valence-corrected chi connectivity index (χ0v) is 17.9. The lowest BCUT2D eigenvalue weighted by Gasteiger charge is -2.19. The molecule has 0 spiro atoms. The third-order valence-corrected chi connectivity index (χ3v) is 7.90. The Hall–Kier alpha value is -1.61. The minimum atomic E-state index is -3.69. The number of unbranched alkanes of at least 4 members (excludes halogenated alkanes) is 3. The number of carboxylic acid groups (broad SMARTS) is 1.